The van der Waals surface area contributed by atoms with Crippen LogP contribution in [0, 0.1) is 0 Å². The average molecular weight is 553 g/mol. The number of carbonyl (C=O) groups excluding carboxylic acids is 2. The molecule has 0 saturated heterocycles. The average Bonchev–Trinajstić information content (AvgIpc) is 2.98. The van der Waals surface area contributed by atoms with E-state index in [1.54, 1.807) is 60.7 Å². The second-order valence-corrected chi connectivity index (χ2v) is 9.57. The molecule has 8 nitrogen and oxygen atoms in total. The van der Waals surface area contributed by atoms with Crippen LogP contribution in [0.4, 0.5) is 0 Å². The first-order valence-electron chi connectivity index (χ1n) is 14.1. The molecule has 0 unspecified atom stereocenters. The van der Waals surface area contributed by atoms with Crippen LogP contribution in [0.5, 0.6) is 11.5 Å². The van der Waals surface area contributed by atoms with Crippen LogP contribution in [-0.2, 0) is 9.47 Å². The van der Waals surface area contributed by atoms with Crippen LogP contribution >= 0.6 is 0 Å². The standard InChI is InChI=1S/C32H40O8/c33-21-5-1-3-7-23-37-27-13-9-25(10-14-27)31(35)39-29-17-19-30(20-18-29)40-32(36)26-11-15-28(16-12-26)38-24-8-4-2-6-22-34/h9-17,19,33-34H,1-8,18,20-24H2. The van der Waals surface area contributed by atoms with Gasteiger partial charge in [-0.2, -0.15) is 0 Å². The fourth-order valence-electron chi connectivity index (χ4n) is 4.01. The van der Waals surface area contributed by atoms with Crippen LogP contribution in [0.25, 0.3) is 0 Å². The van der Waals surface area contributed by atoms with Gasteiger partial charge in [0.1, 0.15) is 23.0 Å². The van der Waals surface area contributed by atoms with E-state index in [-0.39, 0.29) is 13.2 Å². The molecule has 0 aliphatic heterocycles. The maximum atomic E-state index is 12.5. The normalized spacial score (nSPS) is 12.8. The Bertz CT molecular complexity index is 1010. The van der Waals surface area contributed by atoms with Gasteiger partial charge < -0.3 is 29.2 Å². The van der Waals surface area contributed by atoms with Crippen molar-refractivity contribution in [3.05, 3.63) is 83.3 Å². The molecule has 0 bridgehead atoms. The Labute approximate surface area is 236 Å². The second-order valence-electron chi connectivity index (χ2n) is 9.57. The van der Waals surface area contributed by atoms with E-state index in [1.165, 1.54) is 0 Å². The van der Waals surface area contributed by atoms with Crippen molar-refractivity contribution >= 4 is 11.9 Å². The maximum Gasteiger partial charge on any atom is 0.343 e. The van der Waals surface area contributed by atoms with E-state index in [1.807, 2.05) is 0 Å². The number of aliphatic hydroxyl groups is 2. The molecule has 0 fully saturated rings. The highest BCUT2D eigenvalue weighted by Gasteiger charge is 2.17. The SMILES string of the molecule is O=C(OC1=CC=C(OC(=O)c2ccc(OCCCCCCO)cc2)CC1)c1ccc(OCCCCCCO)cc1. The van der Waals surface area contributed by atoms with Gasteiger partial charge in [-0.1, -0.05) is 12.8 Å². The third kappa shape index (κ3) is 11.2. The maximum absolute atomic E-state index is 12.5. The molecule has 1 aliphatic carbocycles. The number of esters is 2. The third-order valence-corrected chi connectivity index (χ3v) is 6.34. The number of rotatable bonds is 18. The van der Waals surface area contributed by atoms with Crippen molar-refractivity contribution in [3.63, 3.8) is 0 Å². The number of hydrogen-bond donors (Lipinski definition) is 2. The molecule has 2 aromatic carbocycles. The summed E-state index contributed by atoms with van der Waals surface area (Å²) >= 11 is 0. The zero-order chi connectivity index (χ0) is 28.4. The van der Waals surface area contributed by atoms with Gasteiger partial charge in [-0.3, -0.25) is 0 Å². The van der Waals surface area contributed by atoms with Gasteiger partial charge >= 0.3 is 11.9 Å². The molecular weight excluding hydrogens is 512 g/mol. The van der Waals surface area contributed by atoms with Crippen molar-refractivity contribution in [1.82, 2.24) is 0 Å². The van der Waals surface area contributed by atoms with Gasteiger partial charge in [0, 0.05) is 26.1 Å². The van der Waals surface area contributed by atoms with E-state index < -0.39 is 11.9 Å². The Morgan fingerprint density at radius 2 is 0.925 bits per heavy atom. The van der Waals surface area contributed by atoms with Gasteiger partial charge in [-0.25, -0.2) is 9.59 Å². The van der Waals surface area contributed by atoms with Crippen molar-refractivity contribution in [3.8, 4) is 11.5 Å². The summed E-state index contributed by atoms with van der Waals surface area (Å²) in [5, 5.41) is 17.6. The first-order valence-corrected chi connectivity index (χ1v) is 14.1. The Morgan fingerprint density at radius 1 is 0.550 bits per heavy atom. The topological polar surface area (TPSA) is 112 Å². The molecule has 216 valence electrons. The van der Waals surface area contributed by atoms with Crippen molar-refractivity contribution in [2.75, 3.05) is 26.4 Å². The first-order chi connectivity index (χ1) is 19.6. The summed E-state index contributed by atoms with van der Waals surface area (Å²) in [7, 11) is 0. The van der Waals surface area contributed by atoms with Crippen LogP contribution in [0.15, 0.2) is 72.2 Å². The summed E-state index contributed by atoms with van der Waals surface area (Å²) < 4.78 is 22.4. The van der Waals surface area contributed by atoms with Gasteiger partial charge in [0.2, 0.25) is 0 Å². The summed E-state index contributed by atoms with van der Waals surface area (Å²) in [5.74, 6) is 1.48. The van der Waals surface area contributed by atoms with Crippen molar-refractivity contribution in [1.29, 1.82) is 0 Å². The number of benzene rings is 2. The highest BCUT2D eigenvalue weighted by molar-refractivity contribution is 5.91. The lowest BCUT2D eigenvalue weighted by molar-refractivity contribution is 0.0571. The quantitative estimate of drug-likeness (QED) is 0.168. The van der Waals surface area contributed by atoms with Crippen LogP contribution in [0.1, 0.15) is 84.9 Å². The van der Waals surface area contributed by atoms with Gasteiger partial charge in [0.05, 0.1) is 24.3 Å². The summed E-state index contributed by atoms with van der Waals surface area (Å²) in [6.07, 6.45) is 11.6. The molecule has 0 saturated carbocycles. The Morgan fingerprint density at radius 3 is 1.27 bits per heavy atom. The van der Waals surface area contributed by atoms with Gasteiger partial charge in [0.25, 0.3) is 0 Å². The second kappa shape index (κ2) is 17.9. The molecular formula is C32H40O8. The fraction of sp³-hybridized carbons (Fsp3) is 0.438. The van der Waals surface area contributed by atoms with E-state index in [0.29, 0.717) is 60.2 Å². The minimum Gasteiger partial charge on any atom is -0.494 e. The molecule has 0 radical (unpaired) electrons. The summed E-state index contributed by atoms with van der Waals surface area (Å²) in [4.78, 5) is 25.1. The molecule has 2 aromatic rings. The van der Waals surface area contributed by atoms with Gasteiger partial charge in [-0.05, 0) is 99.2 Å². The summed E-state index contributed by atoms with van der Waals surface area (Å²) in [6.45, 7) is 1.63. The van der Waals surface area contributed by atoms with Crippen LogP contribution in [0.3, 0.4) is 0 Å². The van der Waals surface area contributed by atoms with E-state index in [9.17, 15) is 9.59 Å². The lowest BCUT2D eigenvalue weighted by Gasteiger charge is -2.15. The number of aliphatic hydroxyl groups excluding tert-OH is 2. The lowest BCUT2D eigenvalue weighted by Crippen LogP contribution is -2.10. The summed E-state index contributed by atoms with van der Waals surface area (Å²) in [6, 6.07) is 13.7. The smallest absolute Gasteiger partial charge is 0.343 e. The lowest BCUT2D eigenvalue weighted by atomic mass is 10.1. The number of allylic oxidation sites excluding steroid dienone is 4. The minimum atomic E-state index is -0.455. The van der Waals surface area contributed by atoms with E-state index in [2.05, 4.69) is 0 Å². The summed E-state index contributed by atoms with van der Waals surface area (Å²) in [5.41, 5.74) is 0.845. The largest absolute Gasteiger partial charge is 0.494 e. The van der Waals surface area contributed by atoms with E-state index in [0.717, 1.165) is 51.4 Å². The van der Waals surface area contributed by atoms with E-state index >= 15 is 0 Å². The molecule has 40 heavy (non-hydrogen) atoms. The van der Waals surface area contributed by atoms with Crippen molar-refractivity contribution in [2.45, 2.75) is 64.2 Å². The predicted molar refractivity (Wildman–Crippen MR) is 151 cm³/mol. The van der Waals surface area contributed by atoms with Crippen LogP contribution in [-0.4, -0.2) is 48.6 Å². The number of hydrogen-bond acceptors (Lipinski definition) is 8. The number of unbranched alkanes of at least 4 members (excludes halogenated alkanes) is 6. The number of ether oxygens (including phenoxy) is 4. The molecule has 0 aromatic heterocycles. The Balaban J connectivity index is 1.39. The minimum absolute atomic E-state index is 0.223. The Hall–Kier alpha value is -3.62. The van der Waals surface area contributed by atoms with E-state index in [4.69, 9.17) is 29.2 Å². The van der Waals surface area contributed by atoms with Crippen LogP contribution < -0.4 is 9.47 Å². The third-order valence-electron chi connectivity index (χ3n) is 6.34. The highest BCUT2D eigenvalue weighted by Crippen LogP contribution is 2.23. The van der Waals surface area contributed by atoms with Gasteiger partial charge in [-0.15, -0.1) is 0 Å². The van der Waals surface area contributed by atoms with Crippen molar-refractivity contribution in [2.24, 2.45) is 0 Å². The molecule has 0 heterocycles. The zero-order valence-electron chi connectivity index (χ0n) is 23.0. The monoisotopic (exact) mass is 552 g/mol. The number of carbonyl (C=O) groups is 2. The zero-order valence-corrected chi connectivity index (χ0v) is 23.0. The molecule has 3 rings (SSSR count). The van der Waals surface area contributed by atoms with Crippen LogP contribution in [0.2, 0.25) is 0 Å². The highest BCUT2D eigenvalue weighted by atomic mass is 16.5. The van der Waals surface area contributed by atoms with Crippen molar-refractivity contribution < 1.29 is 38.7 Å². The molecule has 0 amide bonds. The predicted octanol–water partition coefficient (Wildman–Crippen LogP) is 6.13. The molecule has 1 aliphatic rings. The first kappa shape index (κ1) is 30.9. The molecule has 0 atom stereocenters. The van der Waals surface area contributed by atoms with Gasteiger partial charge in [0.15, 0.2) is 0 Å². The Kier molecular flexibility index (Phi) is 13.8. The fourth-order valence-corrected chi connectivity index (χ4v) is 4.01. The molecule has 8 heteroatoms. The molecule has 0 spiro atoms. The molecule has 2 N–H and O–H groups in total.